The molecule has 0 aliphatic heterocycles. The summed E-state index contributed by atoms with van der Waals surface area (Å²) >= 11 is 1.72. The van der Waals surface area contributed by atoms with E-state index in [4.69, 9.17) is 0 Å². The summed E-state index contributed by atoms with van der Waals surface area (Å²) in [4.78, 5) is 11.3. The van der Waals surface area contributed by atoms with E-state index in [0.717, 1.165) is 25.1 Å². The molecule has 1 amide bonds. The van der Waals surface area contributed by atoms with Gasteiger partial charge in [0, 0.05) is 6.54 Å². The van der Waals surface area contributed by atoms with Crippen molar-refractivity contribution < 1.29 is 4.79 Å². The van der Waals surface area contributed by atoms with E-state index >= 15 is 0 Å². The number of rotatable bonds is 6. The van der Waals surface area contributed by atoms with Gasteiger partial charge in [-0.3, -0.25) is 4.79 Å². The first kappa shape index (κ1) is 11.8. The van der Waals surface area contributed by atoms with Gasteiger partial charge in [-0.05, 0) is 25.5 Å². The van der Waals surface area contributed by atoms with E-state index in [0.29, 0.717) is 0 Å². The lowest BCUT2D eigenvalue weighted by atomic mass is 10.4. The molecule has 72 valence electrons. The van der Waals surface area contributed by atoms with Crippen molar-refractivity contribution in [2.75, 3.05) is 12.3 Å². The van der Waals surface area contributed by atoms with E-state index < -0.39 is 0 Å². The van der Waals surface area contributed by atoms with E-state index in [-0.39, 0.29) is 11.2 Å². The molecular weight excluding hydrogens is 170 g/mol. The molecule has 0 aromatic carbocycles. The van der Waals surface area contributed by atoms with Gasteiger partial charge < -0.3 is 5.32 Å². The summed E-state index contributed by atoms with van der Waals surface area (Å²) in [5.74, 6) is 1.25. The van der Waals surface area contributed by atoms with Gasteiger partial charge in [0.05, 0.1) is 5.25 Å². The lowest BCUT2D eigenvalue weighted by molar-refractivity contribution is -0.120. The molecule has 0 saturated carbocycles. The van der Waals surface area contributed by atoms with Crippen LogP contribution in [-0.4, -0.2) is 23.5 Å². The van der Waals surface area contributed by atoms with Gasteiger partial charge >= 0.3 is 0 Å². The third-order valence-electron chi connectivity index (χ3n) is 1.49. The number of carbonyl (C=O) groups is 1. The summed E-state index contributed by atoms with van der Waals surface area (Å²) in [6, 6.07) is 0. The second-order valence-corrected chi connectivity index (χ2v) is 4.25. The Hall–Kier alpha value is -0.180. The topological polar surface area (TPSA) is 29.1 Å². The standard InChI is InChI=1S/C9H19NOS/c1-4-6-10-9(11)8(3)12-7-5-2/h8H,4-7H2,1-3H3,(H,10,11)/t8-/m1/s1. The van der Waals surface area contributed by atoms with Crippen LogP contribution >= 0.6 is 11.8 Å². The van der Waals surface area contributed by atoms with E-state index in [1.807, 2.05) is 6.92 Å². The van der Waals surface area contributed by atoms with Crippen LogP contribution < -0.4 is 5.32 Å². The number of hydrogen-bond acceptors (Lipinski definition) is 2. The van der Waals surface area contributed by atoms with Gasteiger partial charge in [-0.25, -0.2) is 0 Å². The Kier molecular flexibility index (Phi) is 7.36. The summed E-state index contributed by atoms with van der Waals surface area (Å²) in [5, 5.41) is 2.99. The zero-order chi connectivity index (χ0) is 9.40. The molecule has 0 saturated heterocycles. The van der Waals surface area contributed by atoms with Crippen molar-refractivity contribution in [3.63, 3.8) is 0 Å². The maximum absolute atomic E-state index is 11.3. The average molecular weight is 189 g/mol. The van der Waals surface area contributed by atoms with Crippen LogP contribution in [0.5, 0.6) is 0 Å². The van der Waals surface area contributed by atoms with Gasteiger partial charge in [0.25, 0.3) is 0 Å². The van der Waals surface area contributed by atoms with Gasteiger partial charge in [-0.15, -0.1) is 11.8 Å². The van der Waals surface area contributed by atoms with Gasteiger partial charge in [-0.2, -0.15) is 0 Å². The molecule has 12 heavy (non-hydrogen) atoms. The average Bonchev–Trinajstić information content (AvgIpc) is 2.10. The van der Waals surface area contributed by atoms with E-state index in [1.54, 1.807) is 11.8 Å². The summed E-state index contributed by atoms with van der Waals surface area (Å²) in [5.41, 5.74) is 0. The Morgan fingerprint density at radius 3 is 2.58 bits per heavy atom. The summed E-state index contributed by atoms with van der Waals surface area (Å²) in [7, 11) is 0. The van der Waals surface area contributed by atoms with Crippen molar-refractivity contribution in [3.8, 4) is 0 Å². The lowest BCUT2D eigenvalue weighted by Crippen LogP contribution is -2.31. The molecule has 0 aromatic heterocycles. The molecule has 0 aliphatic rings. The Morgan fingerprint density at radius 1 is 1.42 bits per heavy atom. The number of nitrogens with one attached hydrogen (secondary N) is 1. The van der Waals surface area contributed by atoms with Gasteiger partial charge in [-0.1, -0.05) is 13.8 Å². The van der Waals surface area contributed by atoms with Crippen LogP contribution in [0.2, 0.25) is 0 Å². The lowest BCUT2D eigenvalue weighted by Gasteiger charge is -2.10. The van der Waals surface area contributed by atoms with Crippen LogP contribution in [0.25, 0.3) is 0 Å². The van der Waals surface area contributed by atoms with Crippen molar-refractivity contribution in [2.24, 2.45) is 0 Å². The fraction of sp³-hybridized carbons (Fsp3) is 0.889. The van der Waals surface area contributed by atoms with Gasteiger partial charge in [0.1, 0.15) is 0 Å². The van der Waals surface area contributed by atoms with Crippen molar-refractivity contribution in [2.45, 2.75) is 38.9 Å². The SMILES string of the molecule is CCCNC(=O)[C@@H](C)SCCC. The highest BCUT2D eigenvalue weighted by molar-refractivity contribution is 8.00. The van der Waals surface area contributed by atoms with Crippen LogP contribution in [0.4, 0.5) is 0 Å². The highest BCUT2D eigenvalue weighted by atomic mass is 32.2. The molecular formula is C9H19NOS. The maximum Gasteiger partial charge on any atom is 0.232 e. The molecule has 3 heteroatoms. The molecule has 2 nitrogen and oxygen atoms in total. The van der Waals surface area contributed by atoms with E-state index in [2.05, 4.69) is 19.2 Å². The first-order valence-corrected chi connectivity index (χ1v) is 5.66. The molecule has 0 fully saturated rings. The first-order valence-electron chi connectivity index (χ1n) is 4.61. The molecule has 0 rings (SSSR count). The second kappa shape index (κ2) is 7.47. The predicted molar refractivity (Wildman–Crippen MR) is 55.5 cm³/mol. The zero-order valence-electron chi connectivity index (χ0n) is 8.22. The molecule has 0 spiro atoms. The van der Waals surface area contributed by atoms with Crippen molar-refractivity contribution in [1.82, 2.24) is 5.32 Å². The first-order chi connectivity index (χ1) is 5.72. The third-order valence-corrected chi connectivity index (χ3v) is 2.85. The smallest absolute Gasteiger partial charge is 0.232 e. The largest absolute Gasteiger partial charge is 0.355 e. The van der Waals surface area contributed by atoms with Gasteiger partial charge in [0.2, 0.25) is 5.91 Å². The van der Waals surface area contributed by atoms with Crippen LogP contribution in [0.1, 0.15) is 33.6 Å². The number of thioether (sulfide) groups is 1. The Morgan fingerprint density at radius 2 is 2.08 bits per heavy atom. The van der Waals surface area contributed by atoms with Crippen LogP contribution in [0, 0.1) is 0 Å². The molecule has 0 bridgehead atoms. The third kappa shape index (κ3) is 5.47. The predicted octanol–water partition coefficient (Wildman–Crippen LogP) is 2.04. The highest BCUT2D eigenvalue weighted by Crippen LogP contribution is 2.10. The monoisotopic (exact) mass is 189 g/mol. The van der Waals surface area contributed by atoms with Crippen LogP contribution in [0.3, 0.4) is 0 Å². The van der Waals surface area contributed by atoms with Crippen molar-refractivity contribution >= 4 is 17.7 Å². The fourth-order valence-corrected chi connectivity index (χ4v) is 1.59. The number of hydrogen-bond donors (Lipinski definition) is 1. The van der Waals surface area contributed by atoms with E-state index in [1.165, 1.54) is 0 Å². The van der Waals surface area contributed by atoms with Crippen LogP contribution in [-0.2, 0) is 4.79 Å². The van der Waals surface area contributed by atoms with Crippen molar-refractivity contribution in [3.05, 3.63) is 0 Å². The van der Waals surface area contributed by atoms with Crippen molar-refractivity contribution in [1.29, 1.82) is 0 Å². The number of carbonyl (C=O) groups excluding carboxylic acids is 1. The molecule has 0 heterocycles. The molecule has 0 radical (unpaired) electrons. The normalized spacial score (nSPS) is 12.6. The van der Waals surface area contributed by atoms with Gasteiger partial charge in [0.15, 0.2) is 0 Å². The second-order valence-electron chi connectivity index (χ2n) is 2.80. The molecule has 0 unspecified atom stereocenters. The Balaban J connectivity index is 3.47. The summed E-state index contributed by atoms with van der Waals surface area (Å²) in [6.07, 6.45) is 2.15. The fourth-order valence-electron chi connectivity index (χ4n) is 0.762. The minimum atomic E-state index is 0.108. The quantitative estimate of drug-likeness (QED) is 0.693. The Labute approximate surface area is 79.5 Å². The van der Waals surface area contributed by atoms with Crippen LogP contribution in [0.15, 0.2) is 0 Å². The summed E-state index contributed by atoms with van der Waals surface area (Å²) in [6.45, 7) is 6.95. The molecule has 0 aliphatic carbocycles. The molecule has 0 aromatic rings. The molecule has 1 atom stereocenters. The minimum absolute atomic E-state index is 0.108. The molecule has 1 N–H and O–H groups in total. The summed E-state index contributed by atoms with van der Waals surface area (Å²) < 4.78 is 0. The van der Waals surface area contributed by atoms with E-state index in [9.17, 15) is 4.79 Å². The Bertz CT molecular complexity index is 128. The zero-order valence-corrected chi connectivity index (χ0v) is 9.04. The highest BCUT2D eigenvalue weighted by Gasteiger charge is 2.10. The minimum Gasteiger partial charge on any atom is -0.355 e. The maximum atomic E-state index is 11.3. The number of amides is 1.